The smallest absolute Gasteiger partial charge is 0.251 e. The molecule has 5 heteroatoms. The van der Waals surface area contributed by atoms with Gasteiger partial charge >= 0.3 is 0 Å². The zero-order chi connectivity index (χ0) is 21.5. The molecule has 152 valence electrons. The van der Waals surface area contributed by atoms with E-state index < -0.39 is 0 Å². The molecule has 0 aliphatic carbocycles. The van der Waals surface area contributed by atoms with E-state index in [-0.39, 0.29) is 5.91 Å². The molecule has 0 fully saturated rings. The van der Waals surface area contributed by atoms with Crippen molar-refractivity contribution in [2.24, 2.45) is 0 Å². The lowest BCUT2D eigenvalue weighted by Gasteiger charge is -2.09. The second-order valence-corrected chi connectivity index (χ2v) is 7.23. The number of benzene rings is 3. The number of nitrogens with one attached hydrogen (secondary N) is 1. The van der Waals surface area contributed by atoms with Crippen LogP contribution in [0.15, 0.2) is 91.3 Å². The molecular formula is C26H22N4O. The molecule has 3 aromatic carbocycles. The van der Waals surface area contributed by atoms with Gasteiger partial charge in [0, 0.05) is 37.5 Å². The molecule has 1 aromatic heterocycles. The van der Waals surface area contributed by atoms with Crippen LogP contribution < -0.4 is 5.32 Å². The third-order valence-electron chi connectivity index (χ3n) is 5.13. The summed E-state index contributed by atoms with van der Waals surface area (Å²) in [6, 6.07) is 27.4. The Morgan fingerprint density at radius 3 is 2.35 bits per heavy atom. The molecule has 1 heterocycles. The Bertz CT molecular complexity index is 1190. The number of amides is 1. The molecule has 1 amide bonds. The van der Waals surface area contributed by atoms with Gasteiger partial charge in [0.25, 0.3) is 5.91 Å². The number of aromatic nitrogens is 2. The van der Waals surface area contributed by atoms with Crippen molar-refractivity contribution in [1.82, 2.24) is 14.9 Å². The van der Waals surface area contributed by atoms with Gasteiger partial charge in [-0.3, -0.25) is 4.79 Å². The molecule has 1 N–H and O–H groups in total. The van der Waals surface area contributed by atoms with Gasteiger partial charge in [0.2, 0.25) is 0 Å². The molecule has 0 aliphatic heterocycles. The molecule has 0 bridgehead atoms. The van der Waals surface area contributed by atoms with Crippen LogP contribution in [0.4, 0.5) is 0 Å². The lowest BCUT2D eigenvalue weighted by Crippen LogP contribution is -2.26. The van der Waals surface area contributed by atoms with E-state index in [4.69, 9.17) is 5.26 Å². The molecule has 4 aromatic rings. The standard InChI is InChI=1S/C26H22N4O/c27-18-20-6-8-21(9-7-20)19-30-17-16-28-25(30)14-15-29-26(31)24-12-10-23(11-13-24)22-4-2-1-3-5-22/h1-13,16-17H,14-15,19H2,(H,29,31). The van der Waals surface area contributed by atoms with Gasteiger partial charge in [0.05, 0.1) is 11.6 Å². The van der Waals surface area contributed by atoms with Crippen molar-refractivity contribution in [3.05, 3.63) is 114 Å². The minimum atomic E-state index is -0.0928. The summed E-state index contributed by atoms with van der Waals surface area (Å²) in [5, 5.41) is 11.9. The van der Waals surface area contributed by atoms with Crippen LogP contribution >= 0.6 is 0 Å². The van der Waals surface area contributed by atoms with Crippen LogP contribution in [0.25, 0.3) is 11.1 Å². The Morgan fingerprint density at radius 2 is 1.65 bits per heavy atom. The monoisotopic (exact) mass is 406 g/mol. The number of carbonyl (C=O) groups is 1. The molecule has 0 radical (unpaired) electrons. The van der Waals surface area contributed by atoms with Crippen LogP contribution in [0.3, 0.4) is 0 Å². The van der Waals surface area contributed by atoms with Gasteiger partial charge in [-0.05, 0) is 41.0 Å². The van der Waals surface area contributed by atoms with Crippen LogP contribution in [0.5, 0.6) is 0 Å². The van der Waals surface area contributed by atoms with Crippen LogP contribution in [-0.2, 0) is 13.0 Å². The van der Waals surface area contributed by atoms with Crippen molar-refractivity contribution in [2.45, 2.75) is 13.0 Å². The highest BCUT2D eigenvalue weighted by Gasteiger charge is 2.08. The highest BCUT2D eigenvalue weighted by molar-refractivity contribution is 5.94. The van der Waals surface area contributed by atoms with Gasteiger partial charge in [0.15, 0.2) is 0 Å². The van der Waals surface area contributed by atoms with Gasteiger partial charge < -0.3 is 9.88 Å². The van der Waals surface area contributed by atoms with Crippen molar-refractivity contribution in [3.63, 3.8) is 0 Å². The summed E-state index contributed by atoms with van der Waals surface area (Å²) in [6.45, 7) is 1.18. The summed E-state index contributed by atoms with van der Waals surface area (Å²) in [5.74, 6) is 0.814. The third kappa shape index (κ3) is 5.06. The van der Waals surface area contributed by atoms with Crippen molar-refractivity contribution >= 4 is 5.91 Å². The first-order valence-electron chi connectivity index (χ1n) is 10.2. The Balaban J connectivity index is 1.32. The minimum absolute atomic E-state index is 0.0928. The van der Waals surface area contributed by atoms with Gasteiger partial charge in [-0.15, -0.1) is 0 Å². The van der Waals surface area contributed by atoms with Crippen molar-refractivity contribution < 1.29 is 4.79 Å². The Kier molecular flexibility index (Phi) is 6.20. The van der Waals surface area contributed by atoms with Gasteiger partial charge in [-0.1, -0.05) is 54.6 Å². The predicted octanol–water partition coefficient (Wildman–Crippen LogP) is 4.44. The normalized spacial score (nSPS) is 10.4. The number of imidazole rings is 1. The summed E-state index contributed by atoms with van der Waals surface area (Å²) in [5.41, 5.74) is 4.60. The second-order valence-electron chi connectivity index (χ2n) is 7.23. The number of hydrogen-bond acceptors (Lipinski definition) is 3. The second kappa shape index (κ2) is 9.55. The Labute approximate surface area is 181 Å². The average Bonchev–Trinajstić information content (AvgIpc) is 3.27. The molecule has 0 unspecified atom stereocenters. The van der Waals surface area contributed by atoms with Crippen LogP contribution in [0.2, 0.25) is 0 Å². The average molecular weight is 406 g/mol. The van der Waals surface area contributed by atoms with E-state index >= 15 is 0 Å². The molecule has 5 nitrogen and oxygen atoms in total. The number of hydrogen-bond donors (Lipinski definition) is 1. The molecular weight excluding hydrogens is 384 g/mol. The number of rotatable bonds is 7. The first kappa shape index (κ1) is 20.1. The molecule has 0 aliphatic rings. The fourth-order valence-corrected chi connectivity index (χ4v) is 3.43. The Hall–Kier alpha value is -4.17. The lowest BCUT2D eigenvalue weighted by atomic mass is 10.0. The Morgan fingerprint density at radius 1 is 0.935 bits per heavy atom. The first-order valence-corrected chi connectivity index (χ1v) is 10.2. The van der Waals surface area contributed by atoms with E-state index in [0.717, 1.165) is 22.5 Å². The fraction of sp³-hybridized carbons (Fsp3) is 0.115. The van der Waals surface area contributed by atoms with Crippen LogP contribution in [-0.4, -0.2) is 22.0 Å². The maximum Gasteiger partial charge on any atom is 0.251 e. The van der Waals surface area contributed by atoms with E-state index in [9.17, 15) is 4.79 Å². The first-order chi connectivity index (χ1) is 15.2. The number of nitrogens with zero attached hydrogens (tertiary/aromatic N) is 3. The van der Waals surface area contributed by atoms with Gasteiger partial charge in [0.1, 0.15) is 5.82 Å². The quantitative estimate of drug-likeness (QED) is 0.493. The summed E-state index contributed by atoms with van der Waals surface area (Å²) in [6.07, 6.45) is 4.33. The van der Waals surface area contributed by atoms with E-state index in [1.165, 1.54) is 0 Å². The summed E-state index contributed by atoms with van der Waals surface area (Å²) < 4.78 is 2.06. The largest absolute Gasteiger partial charge is 0.352 e. The number of carbonyl (C=O) groups excluding carboxylic acids is 1. The van der Waals surface area contributed by atoms with Crippen LogP contribution in [0.1, 0.15) is 27.3 Å². The van der Waals surface area contributed by atoms with Crippen LogP contribution in [0, 0.1) is 11.3 Å². The maximum absolute atomic E-state index is 12.5. The van der Waals surface area contributed by atoms with Gasteiger partial charge in [-0.25, -0.2) is 4.98 Å². The molecule has 0 saturated heterocycles. The topological polar surface area (TPSA) is 70.7 Å². The zero-order valence-electron chi connectivity index (χ0n) is 17.0. The maximum atomic E-state index is 12.5. The van der Waals surface area contributed by atoms with E-state index in [2.05, 4.69) is 33.1 Å². The molecule has 31 heavy (non-hydrogen) atoms. The highest BCUT2D eigenvalue weighted by Crippen LogP contribution is 2.19. The predicted molar refractivity (Wildman–Crippen MR) is 120 cm³/mol. The minimum Gasteiger partial charge on any atom is -0.352 e. The van der Waals surface area contributed by atoms with E-state index in [1.807, 2.05) is 72.9 Å². The SMILES string of the molecule is N#Cc1ccc(Cn2ccnc2CCNC(=O)c2ccc(-c3ccccc3)cc2)cc1. The van der Waals surface area contributed by atoms with Crippen molar-refractivity contribution in [2.75, 3.05) is 6.54 Å². The molecule has 4 rings (SSSR count). The van der Waals surface area contributed by atoms with Crippen molar-refractivity contribution in [1.29, 1.82) is 5.26 Å². The van der Waals surface area contributed by atoms with Gasteiger partial charge in [-0.2, -0.15) is 5.26 Å². The third-order valence-corrected chi connectivity index (χ3v) is 5.13. The molecule has 0 atom stereocenters. The molecule has 0 spiro atoms. The van der Waals surface area contributed by atoms with E-state index in [0.29, 0.717) is 30.6 Å². The summed E-state index contributed by atoms with van der Waals surface area (Å²) >= 11 is 0. The van der Waals surface area contributed by atoms with E-state index in [1.54, 1.807) is 6.20 Å². The molecule has 0 saturated carbocycles. The fourth-order valence-electron chi connectivity index (χ4n) is 3.43. The zero-order valence-corrected chi connectivity index (χ0v) is 17.0. The lowest BCUT2D eigenvalue weighted by molar-refractivity contribution is 0.0954. The highest BCUT2D eigenvalue weighted by atomic mass is 16.1. The summed E-state index contributed by atoms with van der Waals surface area (Å²) in [4.78, 5) is 16.9. The van der Waals surface area contributed by atoms with Crippen molar-refractivity contribution in [3.8, 4) is 17.2 Å². The number of nitriles is 1. The summed E-state index contributed by atoms with van der Waals surface area (Å²) in [7, 11) is 0.